The number of nitrogens with one attached hydrogen (secondary N) is 1. The zero-order chi connectivity index (χ0) is 15.4. The van der Waals surface area contributed by atoms with Gasteiger partial charge in [0.2, 0.25) is 5.91 Å². The Bertz CT molecular complexity index is 465. The summed E-state index contributed by atoms with van der Waals surface area (Å²) in [4.78, 5) is 24.3. The smallest absolute Gasteiger partial charge is 0.330 e. The second-order valence-electron chi connectivity index (χ2n) is 7.35. The Balaban J connectivity index is 1.71. The third-order valence-electron chi connectivity index (χ3n) is 6.18. The molecule has 0 radical (unpaired) electrons. The van der Waals surface area contributed by atoms with E-state index in [0.717, 1.165) is 12.8 Å². The fourth-order valence-corrected chi connectivity index (χ4v) is 4.54. The van der Waals surface area contributed by atoms with E-state index in [1.165, 1.54) is 6.42 Å². The van der Waals surface area contributed by atoms with Crippen molar-refractivity contribution in [3.8, 4) is 0 Å². The van der Waals surface area contributed by atoms with E-state index in [-0.39, 0.29) is 17.9 Å². The number of hydrogen-bond donors (Lipinski definition) is 2. The van der Waals surface area contributed by atoms with E-state index in [9.17, 15) is 14.7 Å². The molecule has 3 fully saturated rings. The van der Waals surface area contributed by atoms with E-state index in [4.69, 9.17) is 4.74 Å². The van der Waals surface area contributed by atoms with Crippen molar-refractivity contribution in [2.75, 3.05) is 6.61 Å². The molecule has 5 heteroatoms. The number of carboxylic acid groups (broad SMARTS) is 1. The molecule has 0 aromatic carbocycles. The zero-order valence-electron chi connectivity index (χ0n) is 13.0. The van der Waals surface area contributed by atoms with E-state index in [1.807, 2.05) is 20.8 Å². The number of hydrogen-bond acceptors (Lipinski definition) is 3. The summed E-state index contributed by atoms with van der Waals surface area (Å²) in [7, 11) is 0. The van der Waals surface area contributed by atoms with Gasteiger partial charge in [-0.15, -0.1) is 0 Å². The highest BCUT2D eigenvalue weighted by atomic mass is 16.5. The lowest BCUT2D eigenvalue weighted by Crippen LogP contribution is -2.76. The SMILES string of the molecule is CCOC1CC(NC(=O)C2C3CCCC32)(C(=O)O)C1(C)C. The zero-order valence-corrected chi connectivity index (χ0v) is 13.0. The molecule has 0 aromatic heterocycles. The van der Waals surface area contributed by atoms with E-state index in [2.05, 4.69) is 5.32 Å². The minimum absolute atomic E-state index is 0.0527. The maximum atomic E-state index is 12.5. The average Bonchev–Trinajstić information content (AvgIpc) is 2.90. The van der Waals surface area contributed by atoms with E-state index in [0.29, 0.717) is 24.9 Å². The van der Waals surface area contributed by atoms with Gasteiger partial charge in [0.1, 0.15) is 5.54 Å². The standard InChI is InChI=1S/C16H25NO4/c1-4-21-11-8-16(14(19)20,15(11,2)3)17-13(18)12-9-6-5-7-10(9)12/h9-12H,4-8H2,1-3H3,(H,17,18)(H,19,20). The number of aliphatic carboxylic acids is 1. The molecule has 3 aliphatic carbocycles. The Hall–Kier alpha value is -1.10. The van der Waals surface area contributed by atoms with Crippen LogP contribution in [-0.4, -0.2) is 35.2 Å². The van der Waals surface area contributed by atoms with Gasteiger partial charge >= 0.3 is 5.97 Å². The van der Waals surface area contributed by atoms with Gasteiger partial charge in [-0.3, -0.25) is 4.79 Å². The number of amides is 1. The second kappa shape index (κ2) is 4.70. The molecule has 0 spiro atoms. The summed E-state index contributed by atoms with van der Waals surface area (Å²) >= 11 is 0. The van der Waals surface area contributed by atoms with Gasteiger partial charge < -0.3 is 15.2 Å². The van der Waals surface area contributed by atoms with Crippen LogP contribution in [0.25, 0.3) is 0 Å². The third kappa shape index (κ3) is 1.93. The van der Waals surface area contributed by atoms with Crippen molar-refractivity contribution in [3.05, 3.63) is 0 Å². The molecular weight excluding hydrogens is 270 g/mol. The lowest BCUT2D eigenvalue weighted by molar-refractivity contribution is -0.195. The molecule has 1 amide bonds. The van der Waals surface area contributed by atoms with E-state index < -0.39 is 16.9 Å². The topological polar surface area (TPSA) is 75.6 Å². The van der Waals surface area contributed by atoms with Crippen molar-refractivity contribution in [3.63, 3.8) is 0 Å². The van der Waals surface area contributed by atoms with Gasteiger partial charge in [0.05, 0.1) is 6.10 Å². The van der Waals surface area contributed by atoms with Crippen molar-refractivity contribution < 1.29 is 19.4 Å². The molecule has 3 rings (SSSR count). The van der Waals surface area contributed by atoms with Crippen molar-refractivity contribution in [1.29, 1.82) is 0 Å². The molecule has 0 aromatic rings. The maximum Gasteiger partial charge on any atom is 0.330 e. The minimum Gasteiger partial charge on any atom is -0.479 e. The molecular formula is C16H25NO4. The third-order valence-corrected chi connectivity index (χ3v) is 6.18. The van der Waals surface area contributed by atoms with Crippen molar-refractivity contribution in [1.82, 2.24) is 5.32 Å². The Morgan fingerprint density at radius 1 is 1.29 bits per heavy atom. The highest BCUT2D eigenvalue weighted by Gasteiger charge is 2.68. The number of fused-ring (bicyclic) bond motifs is 1. The molecule has 3 saturated carbocycles. The van der Waals surface area contributed by atoms with Crippen LogP contribution in [0.2, 0.25) is 0 Å². The summed E-state index contributed by atoms with van der Waals surface area (Å²) in [5.41, 5.74) is -1.77. The maximum absolute atomic E-state index is 12.5. The molecule has 0 aliphatic heterocycles. The molecule has 0 bridgehead atoms. The summed E-state index contributed by atoms with van der Waals surface area (Å²) in [5.74, 6) is 0.0538. The highest BCUT2D eigenvalue weighted by Crippen LogP contribution is 2.58. The average molecular weight is 295 g/mol. The Morgan fingerprint density at radius 3 is 2.38 bits per heavy atom. The first-order valence-electron chi connectivity index (χ1n) is 8.02. The molecule has 2 N–H and O–H groups in total. The second-order valence-corrected chi connectivity index (χ2v) is 7.35. The first-order valence-corrected chi connectivity index (χ1v) is 8.02. The summed E-state index contributed by atoms with van der Waals surface area (Å²) in [6, 6.07) is 0. The van der Waals surface area contributed by atoms with Gasteiger partial charge in [-0.05, 0) is 31.6 Å². The lowest BCUT2D eigenvalue weighted by Gasteiger charge is -2.58. The summed E-state index contributed by atoms with van der Waals surface area (Å²) in [5, 5.41) is 12.6. The van der Waals surface area contributed by atoms with Gasteiger partial charge in [0.25, 0.3) is 0 Å². The predicted octanol–water partition coefficient (Wildman–Crippen LogP) is 1.81. The van der Waals surface area contributed by atoms with Gasteiger partial charge in [0.15, 0.2) is 0 Å². The van der Waals surface area contributed by atoms with E-state index >= 15 is 0 Å². The van der Waals surface area contributed by atoms with Crippen molar-refractivity contribution in [2.45, 2.75) is 58.1 Å². The summed E-state index contributed by atoms with van der Waals surface area (Å²) in [6.07, 6.45) is 3.69. The van der Waals surface area contributed by atoms with Crippen LogP contribution in [0.3, 0.4) is 0 Å². The quantitative estimate of drug-likeness (QED) is 0.811. The fourth-order valence-electron chi connectivity index (χ4n) is 4.54. The largest absolute Gasteiger partial charge is 0.479 e. The van der Waals surface area contributed by atoms with Crippen molar-refractivity contribution >= 4 is 11.9 Å². The molecule has 5 nitrogen and oxygen atoms in total. The van der Waals surface area contributed by atoms with Crippen LogP contribution in [0.1, 0.15) is 46.5 Å². The fraction of sp³-hybridized carbons (Fsp3) is 0.875. The minimum atomic E-state index is -1.18. The van der Waals surface area contributed by atoms with Crippen LogP contribution in [0, 0.1) is 23.2 Å². The van der Waals surface area contributed by atoms with Gasteiger partial charge in [-0.1, -0.05) is 20.3 Å². The Kier molecular flexibility index (Phi) is 3.32. The monoisotopic (exact) mass is 295 g/mol. The van der Waals surface area contributed by atoms with Crippen LogP contribution >= 0.6 is 0 Å². The molecule has 21 heavy (non-hydrogen) atoms. The van der Waals surface area contributed by atoms with Crippen LogP contribution < -0.4 is 5.32 Å². The Labute approximate surface area is 125 Å². The lowest BCUT2D eigenvalue weighted by atomic mass is 9.54. The Morgan fingerprint density at radius 2 is 1.90 bits per heavy atom. The van der Waals surface area contributed by atoms with Gasteiger partial charge in [-0.2, -0.15) is 0 Å². The van der Waals surface area contributed by atoms with Crippen LogP contribution in [0.4, 0.5) is 0 Å². The van der Waals surface area contributed by atoms with Gasteiger partial charge in [-0.25, -0.2) is 4.79 Å². The summed E-state index contributed by atoms with van der Waals surface area (Å²) < 4.78 is 5.62. The molecule has 0 heterocycles. The number of carboxylic acids is 1. The summed E-state index contributed by atoms with van der Waals surface area (Å²) in [6.45, 7) is 6.21. The van der Waals surface area contributed by atoms with Crippen LogP contribution in [0.15, 0.2) is 0 Å². The number of rotatable bonds is 5. The van der Waals surface area contributed by atoms with Crippen molar-refractivity contribution in [2.24, 2.45) is 23.2 Å². The predicted molar refractivity (Wildman–Crippen MR) is 76.6 cm³/mol. The van der Waals surface area contributed by atoms with E-state index in [1.54, 1.807) is 0 Å². The molecule has 3 aliphatic rings. The van der Waals surface area contributed by atoms with Crippen LogP contribution in [0.5, 0.6) is 0 Å². The first-order chi connectivity index (χ1) is 9.85. The molecule has 118 valence electrons. The van der Waals surface area contributed by atoms with Crippen LogP contribution in [-0.2, 0) is 14.3 Å². The van der Waals surface area contributed by atoms with Gasteiger partial charge in [0, 0.05) is 24.4 Å². The number of carbonyl (C=O) groups excluding carboxylic acids is 1. The first kappa shape index (κ1) is 14.8. The molecule has 4 atom stereocenters. The highest BCUT2D eigenvalue weighted by molar-refractivity contribution is 5.91. The number of carbonyl (C=O) groups is 2. The number of ether oxygens (including phenoxy) is 1. The normalized spacial score (nSPS) is 42.8. The molecule has 4 unspecified atom stereocenters. The molecule has 0 saturated heterocycles.